The zero-order valence-electron chi connectivity index (χ0n) is 14.0. The fourth-order valence-electron chi connectivity index (χ4n) is 4.20. The van der Waals surface area contributed by atoms with Crippen LogP contribution in [0.15, 0.2) is 30.9 Å². The lowest BCUT2D eigenvalue weighted by Crippen LogP contribution is -2.55. The molecule has 0 radical (unpaired) electrons. The number of hydrogen-bond acceptors (Lipinski definition) is 4. The normalized spacial score (nSPS) is 25.1. The van der Waals surface area contributed by atoms with Crippen LogP contribution in [-0.4, -0.2) is 39.1 Å². The van der Waals surface area contributed by atoms with Crippen molar-refractivity contribution in [3.63, 3.8) is 0 Å². The molecule has 2 fully saturated rings. The minimum atomic E-state index is -0.358. The van der Waals surface area contributed by atoms with Crippen molar-refractivity contribution in [2.24, 2.45) is 24.8 Å². The maximum absolute atomic E-state index is 14.2. The summed E-state index contributed by atoms with van der Waals surface area (Å²) < 4.78 is 23.6. The summed E-state index contributed by atoms with van der Waals surface area (Å²) in [6.45, 7) is 2.77. The molecule has 1 N–H and O–H groups in total. The first-order valence-corrected chi connectivity index (χ1v) is 8.68. The maximum atomic E-state index is 14.2. The number of pyridine rings is 1. The van der Waals surface area contributed by atoms with Crippen LogP contribution in [0, 0.1) is 23.6 Å². The van der Waals surface area contributed by atoms with Crippen molar-refractivity contribution in [1.29, 1.82) is 0 Å². The van der Waals surface area contributed by atoms with Gasteiger partial charge in [0.1, 0.15) is 11.3 Å². The summed E-state index contributed by atoms with van der Waals surface area (Å²) in [6, 6.07) is 1.89. The highest BCUT2D eigenvalue weighted by Crippen LogP contribution is 2.43. The summed E-state index contributed by atoms with van der Waals surface area (Å²) in [5.74, 6) is 2.13. The molecule has 3 aromatic rings. The predicted molar refractivity (Wildman–Crippen MR) is 90.8 cm³/mol. The van der Waals surface area contributed by atoms with Gasteiger partial charge in [-0.25, -0.2) is 8.91 Å². The molecule has 1 aliphatic heterocycles. The molecular formula is C18H20FN5O. The van der Waals surface area contributed by atoms with Crippen molar-refractivity contribution in [3.05, 3.63) is 36.7 Å². The minimum Gasteiger partial charge on any atom is -0.491 e. The third-order valence-corrected chi connectivity index (χ3v) is 5.63. The molecule has 1 saturated carbocycles. The van der Waals surface area contributed by atoms with E-state index in [2.05, 4.69) is 15.5 Å². The number of aryl methyl sites for hydroxylation is 1. The number of hydrogen-bond donors (Lipinski definition) is 1. The molecule has 0 unspecified atom stereocenters. The molecule has 2 bridgehead atoms. The van der Waals surface area contributed by atoms with Crippen molar-refractivity contribution in [2.75, 3.05) is 19.7 Å². The molecule has 1 aliphatic carbocycles. The second-order valence-electron chi connectivity index (χ2n) is 7.17. The zero-order valence-corrected chi connectivity index (χ0v) is 14.0. The third kappa shape index (κ3) is 2.41. The Balaban J connectivity index is 1.48. The Kier molecular flexibility index (Phi) is 3.31. The second-order valence-corrected chi connectivity index (χ2v) is 7.17. The van der Waals surface area contributed by atoms with Crippen molar-refractivity contribution >= 4 is 5.52 Å². The van der Waals surface area contributed by atoms with Gasteiger partial charge >= 0.3 is 0 Å². The number of halogens is 1. The van der Waals surface area contributed by atoms with Crippen LogP contribution in [0.1, 0.15) is 6.42 Å². The van der Waals surface area contributed by atoms with E-state index in [0.29, 0.717) is 35.6 Å². The second kappa shape index (κ2) is 5.56. The lowest BCUT2D eigenvalue weighted by atomic mass is 9.62. The van der Waals surface area contributed by atoms with E-state index >= 15 is 0 Å². The molecule has 1 saturated heterocycles. The van der Waals surface area contributed by atoms with E-state index in [1.165, 1.54) is 12.6 Å². The van der Waals surface area contributed by atoms with Crippen LogP contribution in [0.4, 0.5) is 4.39 Å². The molecule has 0 aromatic carbocycles. The van der Waals surface area contributed by atoms with E-state index in [0.717, 1.165) is 24.2 Å². The van der Waals surface area contributed by atoms with E-state index < -0.39 is 0 Å². The van der Waals surface area contributed by atoms with Gasteiger partial charge < -0.3 is 10.1 Å². The first kappa shape index (κ1) is 14.9. The Hall–Kier alpha value is -2.41. The van der Waals surface area contributed by atoms with Crippen molar-refractivity contribution < 1.29 is 9.13 Å². The van der Waals surface area contributed by atoms with Crippen LogP contribution in [0.2, 0.25) is 0 Å². The number of nitrogens with one attached hydrogen (secondary N) is 1. The lowest BCUT2D eigenvalue weighted by molar-refractivity contribution is -0.00216. The quantitative estimate of drug-likeness (QED) is 0.790. The predicted octanol–water partition coefficient (Wildman–Crippen LogP) is 2.11. The Morgan fingerprint density at radius 3 is 2.76 bits per heavy atom. The van der Waals surface area contributed by atoms with Gasteiger partial charge in [0.05, 0.1) is 19.0 Å². The lowest BCUT2D eigenvalue weighted by Gasteiger charge is -2.49. The number of fused-ring (bicyclic) bond motifs is 3. The fraction of sp³-hybridized carbons (Fsp3) is 0.444. The van der Waals surface area contributed by atoms with E-state index in [4.69, 9.17) is 4.74 Å². The topological polar surface area (TPSA) is 56.4 Å². The SMILES string of the molecule is Cn1cc(-c2cc(OC[C@H]3[C@@H]4CNC[C@H]3C4)c3c(F)cnn3c2)cn1. The highest BCUT2D eigenvalue weighted by Gasteiger charge is 2.43. The first-order chi connectivity index (χ1) is 12.2. The molecule has 6 nitrogen and oxygen atoms in total. The molecule has 4 heterocycles. The van der Waals surface area contributed by atoms with Crippen LogP contribution in [-0.2, 0) is 7.05 Å². The van der Waals surface area contributed by atoms with Gasteiger partial charge in [0, 0.05) is 36.5 Å². The van der Waals surface area contributed by atoms with Gasteiger partial charge in [-0.05, 0) is 37.4 Å². The van der Waals surface area contributed by atoms with Gasteiger partial charge in [0.25, 0.3) is 0 Å². The summed E-state index contributed by atoms with van der Waals surface area (Å²) in [5.41, 5.74) is 2.26. The molecule has 130 valence electrons. The van der Waals surface area contributed by atoms with Crippen molar-refractivity contribution in [2.45, 2.75) is 6.42 Å². The van der Waals surface area contributed by atoms with Gasteiger partial charge in [-0.15, -0.1) is 0 Å². The number of nitrogens with zero attached hydrogens (tertiary/aromatic N) is 4. The van der Waals surface area contributed by atoms with Gasteiger partial charge in [0.15, 0.2) is 5.82 Å². The number of rotatable bonds is 4. The van der Waals surface area contributed by atoms with Crippen LogP contribution in [0.3, 0.4) is 0 Å². The summed E-state index contributed by atoms with van der Waals surface area (Å²) >= 11 is 0. The fourth-order valence-corrected chi connectivity index (χ4v) is 4.20. The maximum Gasteiger partial charge on any atom is 0.172 e. The summed E-state index contributed by atoms with van der Waals surface area (Å²) in [4.78, 5) is 0. The molecule has 2 aliphatic rings. The molecule has 7 heteroatoms. The van der Waals surface area contributed by atoms with Gasteiger partial charge in [-0.2, -0.15) is 10.2 Å². The van der Waals surface area contributed by atoms with Crippen LogP contribution < -0.4 is 10.1 Å². The van der Waals surface area contributed by atoms with E-state index in [-0.39, 0.29) is 5.82 Å². The van der Waals surface area contributed by atoms with Crippen LogP contribution >= 0.6 is 0 Å². The Bertz CT molecular complexity index is 919. The molecule has 5 rings (SSSR count). The number of aromatic nitrogens is 4. The standard InChI is InChI=1S/C18H20FN5O/c1-23-8-14(6-21-23)13-3-17(18-16(19)7-22-24(18)9-13)25-10-15-11-2-12(15)5-20-4-11/h3,6-9,11-12,15,20H,2,4-5,10H2,1H3/t11-,12+,15-. The first-order valence-electron chi connectivity index (χ1n) is 8.68. The molecule has 3 atom stereocenters. The molecular weight excluding hydrogens is 321 g/mol. The summed E-state index contributed by atoms with van der Waals surface area (Å²) in [5, 5.41) is 11.8. The highest BCUT2D eigenvalue weighted by atomic mass is 19.1. The van der Waals surface area contributed by atoms with Gasteiger partial charge in [-0.1, -0.05) is 0 Å². The van der Waals surface area contributed by atoms with Crippen molar-refractivity contribution in [3.8, 4) is 16.9 Å². The summed E-state index contributed by atoms with van der Waals surface area (Å²) in [6.07, 6.45) is 8.04. The van der Waals surface area contributed by atoms with Crippen molar-refractivity contribution in [1.82, 2.24) is 24.7 Å². The Morgan fingerprint density at radius 1 is 1.20 bits per heavy atom. The number of ether oxygens (including phenoxy) is 1. The van der Waals surface area contributed by atoms with Gasteiger partial charge in [0.2, 0.25) is 0 Å². The minimum absolute atomic E-state index is 0.358. The average molecular weight is 341 g/mol. The van der Waals surface area contributed by atoms with Gasteiger partial charge in [-0.3, -0.25) is 4.68 Å². The molecule has 3 aromatic heterocycles. The zero-order chi connectivity index (χ0) is 17.0. The van der Waals surface area contributed by atoms with E-state index in [9.17, 15) is 4.39 Å². The molecule has 0 amide bonds. The Labute approximate surface area is 144 Å². The molecule has 0 spiro atoms. The number of piperidine rings is 2. The van der Waals surface area contributed by atoms with E-state index in [1.54, 1.807) is 15.4 Å². The third-order valence-electron chi connectivity index (χ3n) is 5.63. The monoisotopic (exact) mass is 341 g/mol. The average Bonchev–Trinajstić information content (AvgIpc) is 3.22. The Morgan fingerprint density at radius 2 is 2.04 bits per heavy atom. The highest BCUT2D eigenvalue weighted by molar-refractivity contribution is 5.70. The van der Waals surface area contributed by atoms with Crippen LogP contribution in [0.5, 0.6) is 5.75 Å². The van der Waals surface area contributed by atoms with E-state index in [1.807, 2.05) is 25.5 Å². The molecule has 25 heavy (non-hydrogen) atoms. The summed E-state index contributed by atoms with van der Waals surface area (Å²) in [7, 11) is 1.87. The largest absolute Gasteiger partial charge is 0.491 e. The smallest absolute Gasteiger partial charge is 0.172 e. The van der Waals surface area contributed by atoms with Crippen LogP contribution in [0.25, 0.3) is 16.6 Å².